The SMILES string of the molecule is COc1cc(Br)ccc1-c1cc2ccc(OC(C)=O)cc2oc1=O. The van der Waals surface area contributed by atoms with Gasteiger partial charge in [-0.05, 0) is 36.4 Å². The molecule has 0 saturated carbocycles. The molecule has 3 aromatic rings. The second kappa shape index (κ2) is 6.49. The number of carbonyl (C=O) groups is 1. The van der Waals surface area contributed by atoms with Crippen LogP contribution >= 0.6 is 15.9 Å². The molecule has 0 radical (unpaired) electrons. The van der Waals surface area contributed by atoms with Crippen LogP contribution in [0.3, 0.4) is 0 Å². The van der Waals surface area contributed by atoms with Gasteiger partial charge in [-0.3, -0.25) is 4.79 Å². The minimum absolute atomic E-state index is 0.326. The highest BCUT2D eigenvalue weighted by atomic mass is 79.9. The molecule has 0 atom stereocenters. The molecule has 1 heterocycles. The van der Waals surface area contributed by atoms with Crippen LogP contribution in [0.15, 0.2) is 56.1 Å². The van der Waals surface area contributed by atoms with Crippen LogP contribution < -0.4 is 15.1 Å². The van der Waals surface area contributed by atoms with Gasteiger partial charge in [-0.2, -0.15) is 0 Å². The molecule has 24 heavy (non-hydrogen) atoms. The zero-order valence-corrected chi connectivity index (χ0v) is 14.5. The third-order valence-electron chi connectivity index (χ3n) is 3.42. The van der Waals surface area contributed by atoms with E-state index in [9.17, 15) is 9.59 Å². The molecule has 5 nitrogen and oxygen atoms in total. The Bertz CT molecular complexity index is 990. The van der Waals surface area contributed by atoms with E-state index in [4.69, 9.17) is 13.9 Å². The third-order valence-corrected chi connectivity index (χ3v) is 3.92. The largest absolute Gasteiger partial charge is 0.496 e. The Hall–Kier alpha value is -2.60. The Balaban J connectivity index is 2.15. The highest BCUT2D eigenvalue weighted by molar-refractivity contribution is 9.10. The average Bonchev–Trinajstić information content (AvgIpc) is 2.53. The molecule has 0 bridgehead atoms. The second-order valence-corrected chi connectivity index (χ2v) is 6.00. The molecule has 3 rings (SSSR count). The van der Waals surface area contributed by atoms with Gasteiger partial charge in [0.15, 0.2) is 0 Å². The quantitative estimate of drug-likeness (QED) is 0.383. The first-order valence-electron chi connectivity index (χ1n) is 7.08. The predicted octanol–water partition coefficient (Wildman–Crippen LogP) is 4.16. The molecule has 0 amide bonds. The number of carbonyl (C=O) groups excluding carboxylic acids is 1. The van der Waals surface area contributed by atoms with Crippen molar-refractivity contribution in [2.24, 2.45) is 0 Å². The molecule has 122 valence electrons. The standard InChI is InChI=1S/C18H13BrO5/c1-10(20)23-13-5-3-11-7-15(18(21)24-16(11)9-13)14-6-4-12(19)8-17(14)22-2/h3-9H,1-2H3. The topological polar surface area (TPSA) is 65.7 Å². The molecule has 0 N–H and O–H groups in total. The second-order valence-electron chi connectivity index (χ2n) is 5.09. The maximum Gasteiger partial charge on any atom is 0.344 e. The van der Waals surface area contributed by atoms with Crippen LogP contribution in [-0.4, -0.2) is 13.1 Å². The van der Waals surface area contributed by atoms with Gasteiger partial charge in [0.2, 0.25) is 0 Å². The predicted molar refractivity (Wildman–Crippen MR) is 93.5 cm³/mol. The monoisotopic (exact) mass is 388 g/mol. The van der Waals surface area contributed by atoms with Gasteiger partial charge in [-0.25, -0.2) is 4.79 Å². The molecule has 0 spiro atoms. The molecular formula is C18H13BrO5. The summed E-state index contributed by atoms with van der Waals surface area (Å²) in [5.41, 5.74) is 0.883. The van der Waals surface area contributed by atoms with Crippen LogP contribution in [0.25, 0.3) is 22.1 Å². The zero-order chi connectivity index (χ0) is 17.3. The van der Waals surface area contributed by atoms with Crippen LogP contribution in [0, 0.1) is 0 Å². The molecule has 2 aromatic carbocycles. The number of esters is 1. The number of fused-ring (bicyclic) bond motifs is 1. The van der Waals surface area contributed by atoms with Gasteiger partial charge >= 0.3 is 11.6 Å². The van der Waals surface area contributed by atoms with Crippen LogP contribution in [-0.2, 0) is 4.79 Å². The van der Waals surface area contributed by atoms with Gasteiger partial charge in [-0.15, -0.1) is 0 Å². The number of hydrogen-bond donors (Lipinski definition) is 0. The van der Waals surface area contributed by atoms with Crippen LogP contribution in [0.1, 0.15) is 6.92 Å². The summed E-state index contributed by atoms with van der Waals surface area (Å²) < 4.78 is 16.6. The van der Waals surface area contributed by atoms with Gasteiger partial charge in [-0.1, -0.05) is 15.9 Å². The lowest BCUT2D eigenvalue weighted by atomic mass is 10.0. The number of hydrogen-bond acceptors (Lipinski definition) is 5. The van der Waals surface area contributed by atoms with Crippen molar-refractivity contribution in [3.05, 3.63) is 57.4 Å². The van der Waals surface area contributed by atoms with Crippen LogP contribution in [0.2, 0.25) is 0 Å². The summed E-state index contributed by atoms with van der Waals surface area (Å²) in [6.07, 6.45) is 0. The van der Waals surface area contributed by atoms with Crippen molar-refractivity contribution in [3.63, 3.8) is 0 Å². The molecule has 0 unspecified atom stereocenters. The van der Waals surface area contributed by atoms with E-state index < -0.39 is 11.6 Å². The van der Waals surface area contributed by atoms with Crippen molar-refractivity contribution in [1.29, 1.82) is 0 Å². The maximum absolute atomic E-state index is 12.4. The summed E-state index contributed by atoms with van der Waals surface area (Å²) >= 11 is 3.37. The van der Waals surface area contributed by atoms with E-state index >= 15 is 0 Å². The summed E-state index contributed by atoms with van der Waals surface area (Å²) in [5.74, 6) is 0.451. The molecular weight excluding hydrogens is 376 g/mol. The summed E-state index contributed by atoms with van der Waals surface area (Å²) in [5, 5.41) is 0.713. The molecule has 1 aromatic heterocycles. The van der Waals surface area contributed by atoms with Crippen molar-refractivity contribution >= 4 is 32.9 Å². The fourth-order valence-corrected chi connectivity index (χ4v) is 2.74. The molecule has 6 heteroatoms. The van der Waals surface area contributed by atoms with Crippen LogP contribution in [0.4, 0.5) is 0 Å². The molecule has 0 aliphatic heterocycles. The lowest BCUT2D eigenvalue weighted by Crippen LogP contribution is -2.05. The molecule has 0 fully saturated rings. The normalized spacial score (nSPS) is 10.6. The lowest BCUT2D eigenvalue weighted by molar-refractivity contribution is -0.131. The summed E-state index contributed by atoms with van der Waals surface area (Å²) in [4.78, 5) is 23.4. The summed E-state index contributed by atoms with van der Waals surface area (Å²) in [7, 11) is 1.54. The molecule has 0 aliphatic carbocycles. The van der Waals surface area contributed by atoms with E-state index in [1.165, 1.54) is 13.0 Å². The lowest BCUT2D eigenvalue weighted by Gasteiger charge is -2.09. The number of halogens is 1. The number of methoxy groups -OCH3 is 1. The van der Waals surface area contributed by atoms with E-state index in [-0.39, 0.29) is 0 Å². The first-order valence-corrected chi connectivity index (χ1v) is 7.87. The number of rotatable bonds is 3. The Morgan fingerprint density at radius 1 is 1.08 bits per heavy atom. The first-order chi connectivity index (χ1) is 11.5. The fourth-order valence-electron chi connectivity index (χ4n) is 2.40. The first kappa shape index (κ1) is 16.3. The van der Waals surface area contributed by atoms with Crippen molar-refractivity contribution in [2.75, 3.05) is 7.11 Å². The molecule has 0 saturated heterocycles. The van der Waals surface area contributed by atoms with Gasteiger partial charge < -0.3 is 13.9 Å². The third kappa shape index (κ3) is 3.19. The highest BCUT2D eigenvalue weighted by Gasteiger charge is 2.13. The van der Waals surface area contributed by atoms with Crippen molar-refractivity contribution in [1.82, 2.24) is 0 Å². The molecule has 0 aliphatic rings. The van der Waals surface area contributed by atoms with E-state index in [1.54, 1.807) is 37.4 Å². The Kier molecular flexibility index (Phi) is 4.40. The van der Waals surface area contributed by atoms with E-state index in [1.807, 2.05) is 6.07 Å². The Morgan fingerprint density at radius 3 is 2.58 bits per heavy atom. The highest BCUT2D eigenvalue weighted by Crippen LogP contribution is 2.32. The maximum atomic E-state index is 12.4. The van der Waals surface area contributed by atoms with E-state index in [0.717, 1.165) is 4.47 Å². The van der Waals surface area contributed by atoms with Gasteiger partial charge in [0, 0.05) is 28.4 Å². The minimum atomic E-state index is -0.497. The smallest absolute Gasteiger partial charge is 0.344 e. The van der Waals surface area contributed by atoms with E-state index in [2.05, 4.69) is 15.9 Å². The fraction of sp³-hybridized carbons (Fsp3) is 0.111. The summed E-state index contributed by atoms with van der Waals surface area (Å²) in [6, 6.07) is 12.0. The summed E-state index contributed by atoms with van der Waals surface area (Å²) in [6.45, 7) is 1.31. The van der Waals surface area contributed by atoms with Gasteiger partial charge in [0.05, 0.1) is 12.7 Å². The van der Waals surface area contributed by atoms with Crippen molar-refractivity contribution < 1.29 is 18.7 Å². The minimum Gasteiger partial charge on any atom is -0.496 e. The van der Waals surface area contributed by atoms with Gasteiger partial charge in [0.1, 0.15) is 17.1 Å². The van der Waals surface area contributed by atoms with E-state index in [0.29, 0.717) is 33.6 Å². The van der Waals surface area contributed by atoms with Crippen LogP contribution in [0.5, 0.6) is 11.5 Å². The number of benzene rings is 2. The Morgan fingerprint density at radius 2 is 1.88 bits per heavy atom. The zero-order valence-electron chi connectivity index (χ0n) is 13.0. The number of ether oxygens (including phenoxy) is 2. The average molecular weight is 389 g/mol. The Labute approximate surface area is 145 Å². The van der Waals surface area contributed by atoms with Crippen molar-refractivity contribution in [2.45, 2.75) is 6.92 Å². The van der Waals surface area contributed by atoms with Gasteiger partial charge in [0.25, 0.3) is 0 Å². The van der Waals surface area contributed by atoms with Crippen molar-refractivity contribution in [3.8, 4) is 22.6 Å².